The zero-order valence-corrected chi connectivity index (χ0v) is 19.3. The molecule has 2 aromatic carbocycles. The summed E-state index contributed by atoms with van der Waals surface area (Å²) in [5.74, 6) is -1.48. The molecule has 3 fully saturated rings. The molecule has 2 aliphatic carbocycles. The van der Waals surface area contributed by atoms with Gasteiger partial charge in [-0.05, 0) is 40.5 Å². The maximum atomic E-state index is 13.2. The molecule has 5 atom stereocenters. The number of aliphatic carboxylic acids is 1. The van der Waals surface area contributed by atoms with Gasteiger partial charge in [0.2, 0.25) is 5.91 Å². The van der Waals surface area contributed by atoms with Crippen molar-refractivity contribution in [3.05, 3.63) is 59.7 Å². The van der Waals surface area contributed by atoms with Gasteiger partial charge in [0.05, 0.1) is 31.1 Å². The maximum Gasteiger partial charge on any atom is 0.407 e. The second kappa shape index (κ2) is 8.68. The van der Waals surface area contributed by atoms with Crippen molar-refractivity contribution in [2.24, 2.45) is 23.7 Å². The largest absolute Gasteiger partial charge is 0.481 e. The lowest BCUT2D eigenvalue weighted by atomic mass is 9.98. The van der Waals surface area contributed by atoms with Crippen molar-refractivity contribution in [2.45, 2.75) is 18.4 Å². The van der Waals surface area contributed by atoms with Crippen LogP contribution in [0.4, 0.5) is 4.79 Å². The molecule has 4 aliphatic rings. The van der Waals surface area contributed by atoms with Crippen LogP contribution < -0.4 is 5.32 Å². The Morgan fingerprint density at radius 3 is 2.37 bits per heavy atom. The SMILES string of the molecule is O=C(NC1COCC1C(=O)N1CCC2C(C1)C2C(=O)O)OCC1c2ccccc2-c2ccccc21. The Morgan fingerprint density at radius 2 is 1.69 bits per heavy atom. The lowest BCUT2D eigenvalue weighted by Crippen LogP contribution is -2.49. The molecule has 5 unspecified atom stereocenters. The number of carbonyl (C=O) groups is 3. The first-order chi connectivity index (χ1) is 17.0. The number of rotatable bonds is 5. The van der Waals surface area contributed by atoms with Gasteiger partial charge < -0.3 is 24.8 Å². The number of likely N-dealkylation sites (tertiary alicyclic amines) is 1. The molecule has 0 spiro atoms. The Labute approximate surface area is 203 Å². The number of hydrogen-bond donors (Lipinski definition) is 2. The molecule has 182 valence electrons. The van der Waals surface area contributed by atoms with E-state index in [1.807, 2.05) is 24.3 Å². The van der Waals surface area contributed by atoms with Crippen LogP contribution in [0.2, 0.25) is 0 Å². The highest BCUT2D eigenvalue weighted by Crippen LogP contribution is 2.52. The predicted molar refractivity (Wildman–Crippen MR) is 126 cm³/mol. The standard InChI is InChI=1S/C27H28N2O6/c30-25(29-10-9-19-20(11-29)24(19)26(31)32)22-12-34-14-23(22)28-27(33)35-13-21-17-7-3-1-5-15(17)16-6-2-4-8-18(16)21/h1-8,19-24H,9-14H2,(H,28,33)(H,31,32). The van der Waals surface area contributed by atoms with Gasteiger partial charge in [-0.15, -0.1) is 0 Å². The Bertz CT molecular complexity index is 1140. The van der Waals surface area contributed by atoms with Gasteiger partial charge in [-0.1, -0.05) is 48.5 Å². The first-order valence-corrected chi connectivity index (χ1v) is 12.2. The van der Waals surface area contributed by atoms with Gasteiger partial charge in [0.15, 0.2) is 0 Å². The molecule has 2 N–H and O–H groups in total. The molecule has 6 rings (SSSR count). The van der Waals surface area contributed by atoms with E-state index in [1.165, 1.54) is 0 Å². The smallest absolute Gasteiger partial charge is 0.407 e. The molecule has 2 aliphatic heterocycles. The maximum absolute atomic E-state index is 13.2. The van der Waals surface area contributed by atoms with E-state index in [1.54, 1.807) is 4.90 Å². The summed E-state index contributed by atoms with van der Waals surface area (Å²) < 4.78 is 11.2. The minimum Gasteiger partial charge on any atom is -0.481 e. The number of nitrogens with zero attached hydrogens (tertiary/aromatic N) is 1. The van der Waals surface area contributed by atoms with Gasteiger partial charge in [-0.25, -0.2) is 4.79 Å². The summed E-state index contributed by atoms with van der Waals surface area (Å²) >= 11 is 0. The predicted octanol–water partition coefficient (Wildman–Crippen LogP) is 2.72. The van der Waals surface area contributed by atoms with Crippen molar-refractivity contribution in [1.29, 1.82) is 0 Å². The van der Waals surface area contributed by atoms with Crippen LogP contribution in [0.3, 0.4) is 0 Å². The van der Waals surface area contributed by atoms with Gasteiger partial charge in [0.1, 0.15) is 6.61 Å². The fourth-order valence-electron chi connectivity index (χ4n) is 6.27. The van der Waals surface area contributed by atoms with Gasteiger partial charge >= 0.3 is 12.1 Å². The van der Waals surface area contributed by atoms with Crippen LogP contribution in [0, 0.1) is 23.7 Å². The van der Waals surface area contributed by atoms with E-state index in [2.05, 4.69) is 29.6 Å². The third kappa shape index (κ3) is 3.86. The fraction of sp³-hybridized carbons (Fsp3) is 0.444. The van der Waals surface area contributed by atoms with E-state index in [-0.39, 0.29) is 49.4 Å². The van der Waals surface area contributed by atoms with Gasteiger partial charge in [-0.3, -0.25) is 9.59 Å². The number of amides is 2. The van der Waals surface area contributed by atoms with E-state index in [0.717, 1.165) is 22.3 Å². The minimum absolute atomic E-state index is 0.0348. The number of benzene rings is 2. The number of alkyl carbamates (subject to hydrolysis) is 1. The van der Waals surface area contributed by atoms with Gasteiger partial charge in [-0.2, -0.15) is 0 Å². The van der Waals surface area contributed by atoms with Crippen molar-refractivity contribution in [3.63, 3.8) is 0 Å². The minimum atomic E-state index is -0.770. The number of carboxylic acids is 1. The Morgan fingerprint density at radius 1 is 1.00 bits per heavy atom. The lowest BCUT2D eigenvalue weighted by molar-refractivity contribution is -0.140. The number of carbonyl (C=O) groups excluding carboxylic acids is 2. The second-order valence-corrected chi connectivity index (χ2v) is 9.98. The summed E-state index contributed by atoms with van der Waals surface area (Å²) in [6, 6.07) is 15.8. The zero-order chi connectivity index (χ0) is 24.1. The van der Waals surface area contributed by atoms with Gasteiger partial charge in [0.25, 0.3) is 0 Å². The van der Waals surface area contributed by atoms with Crippen molar-refractivity contribution in [3.8, 4) is 11.1 Å². The van der Waals surface area contributed by atoms with Crippen LogP contribution in [-0.4, -0.2) is 66.9 Å². The van der Waals surface area contributed by atoms with Gasteiger partial charge in [0, 0.05) is 19.0 Å². The number of hydrogen-bond acceptors (Lipinski definition) is 5. The van der Waals surface area contributed by atoms with Crippen molar-refractivity contribution in [2.75, 3.05) is 32.9 Å². The molecule has 2 amide bonds. The second-order valence-electron chi connectivity index (χ2n) is 9.98. The monoisotopic (exact) mass is 476 g/mol. The number of piperidine rings is 1. The molecule has 2 aromatic rings. The van der Waals surface area contributed by atoms with Crippen molar-refractivity contribution >= 4 is 18.0 Å². The first kappa shape index (κ1) is 22.1. The summed E-state index contributed by atoms with van der Waals surface area (Å²) in [6.45, 7) is 1.71. The molecular weight excluding hydrogens is 448 g/mol. The highest BCUT2D eigenvalue weighted by molar-refractivity contribution is 5.82. The number of nitrogens with one attached hydrogen (secondary N) is 1. The van der Waals surface area contributed by atoms with E-state index >= 15 is 0 Å². The summed E-state index contributed by atoms with van der Waals surface area (Å²) in [5, 5.41) is 12.2. The van der Waals surface area contributed by atoms with Crippen LogP contribution >= 0.6 is 0 Å². The molecule has 0 aromatic heterocycles. The molecule has 0 bridgehead atoms. The van der Waals surface area contributed by atoms with Crippen molar-refractivity contribution < 1.29 is 29.0 Å². The number of ether oxygens (including phenoxy) is 2. The molecule has 2 heterocycles. The molecule has 1 saturated carbocycles. The van der Waals surface area contributed by atoms with Crippen LogP contribution in [0.5, 0.6) is 0 Å². The van der Waals surface area contributed by atoms with Crippen LogP contribution in [0.1, 0.15) is 23.5 Å². The molecule has 0 radical (unpaired) electrons. The zero-order valence-electron chi connectivity index (χ0n) is 19.3. The molecule has 8 heteroatoms. The topological polar surface area (TPSA) is 105 Å². The first-order valence-electron chi connectivity index (χ1n) is 12.2. The van der Waals surface area contributed by atoms with Crippen LogP contribution in [0.15, 0.2) is 48.5 Å². The van der Waals surface area contributed by atoms with E-state index in [4.69, 9.17) is 9.47 Å². The summed E-state index contributed by atoms with van der Waals surface area (Å²) in [7, 11) is 0. The Balaban J connectivity index is 1.07. The summed E-state index contributed by atoms with van der Waals surface area (Å²) in [4.78, 5) is 39.0. The molecule has 8 nitrogen and oxygen atoms in total. The summed E-state index contributed by atoms with van der Waals surface area (Å²) in [6.07, 6.45) is 0.151. The Kier molecular flexibility index (Phi) is 5.48. The van der Waals surface area contributed by atoms with Crippen LogP contribution in [-0.2, 0) is 19.1 Å². The molecular formula is C27H28N2O6. The quantitative estimate of drug-likeness (QED) is 0.688. The number of carboxylic acid groups (broad SMARTS) is 1. The highest BCUT2D eigenvalue weighted by atomic mass is 16.5. The van der Waals surface area contributed by atoms with Crippen molar-refractivity contribution in [1.82, 2.24) is 10.2 Å². The molecule has 35 heavy (non-hydrogen) atoms. The third-order valence-corrected chi connectivity index (χ3v) is 8.14. The third-order valence-electron chi connectivity index (χ3n) is 8.14. The lowest BCUT2D eigenvalue weighted by Gasteiger charge is -2.30. The number of fused-ring (bicyclic) bond motifs is 4. The average molecular weight is 477 g/mol. The average Bonchev–Trinajstić information content (AvgIpc) is 3.27. The Hall–Kier alpha value is -3.39. The summed E-state index contributed by atoms with van der Waals surface area (Å²) in [5.41, 5.74) is 4.61. The van der Waals surface area contributed by atoms with E-state index < -0.39 is 24.0 Å². The highest BCUT2D eigenvalue weighted by Gasteiger charge is 2.58. The van der Waals surface area contributed by atoms with E-state index in [9.17, 15) is 19.5 Å². The van der Waals surface area contributed by atoms with Crippen LogP contribution in [0.25, 0.3) is 11.1 Å². The molecule has 2 saturated heterocycles. The normalized spacial score (nSPS) is 28.6. The van der Waals surface area contributed by atoms with E-state index in [0.29, 0.717) is 19.5 Å². The fourth-order valence-corrected chi connectivity index (χ4v) is 6.27.